The smallest absolute Gasteiger partial charge is 0.128 e. The van der Waals surface area contributed by atoms with Crippen LogP contribution in [0.1, 0.15) is 26.7 Å². The van der Waals surface area contributed by atoms with Gasteiger partial charge in [-0.25, -0.2) is 0 Å². The Balaban J connectivity index is 2.22. The van der Waals surface area contributed by atoms with Crippen LogP contribution >= 0.6 is 0 Å². The van der Waals surface area contributed by atoms with Gasteiger partial charge in [-0.2, -0.15) is 5.48 Å². The first-order valence-electron chi connectivity index (χ1n) is 4.68. The normalized spacial score (nSPS) is 34.1. The fourth-order valence-electron chi connectivity index (χ4n) is 1.70. The molecular weight excluding hydrogens is 166 g/mol. The van der Waals surface area contributed by atoms with Crippen LogP contribution in [0, 0.1) is 12.3 Å². The van der Waals surface area contributed by atoms with E-state index >= 15 is 0 Å². The molecule has 0 radical (unpaired) electrons. The summed E-state index contributed by atoms with van der Waals surface area (Å²) in [6.45, 7) is 4.47. The van der Waals surface area contributed by atoms with Crippen LogP contribution in [0.4, 0.5) is 0 Å². The summed E-state index contributed by atoms with van der Waals surface area (Å²) in [5, 5.41) is 0. The molecule has 1 N–H and O–H groups in total. The van der Waals surface area contributed by atoms with Crippen LogP contribution in [0.5, 0.6) is 0 Å². The molecule has 0 aromatic carbocycles. The second-order valence-electron chi connectivity index (χ2n) is 3.54. The molecule has 0 spiro atoms. The number of nitrogens with one attached hydrogen (secondary N) is 1. The van der Waals surface area contributed by atoms with Gasteiger partial charge in [0.25, 0.3) is 0 Å². The second-order valence-corrected chi connectivity index (χ2v) is 3.54. The van der Waals surface area contributed by atoms with Crippen molar-refractivity contribution in [2.24, 2.45) is 0 Å². The van der Waals surface area contributed by atoms with Gasteiger partial charge in [0, 0.05) is 6.04 Å². The van der Waals surface area contributed by atoms with E-state index in [0.717, 1.165) is 12.8 Å². The number of rotatable bonds is 3. The molecule has 1 fully saturated rings. The standard InChI is InChI=1S/C10H17NO2/c1-4-5-12-11-10-6-8(2)13-9(3)7-10/h1,8-11H,5-7H2,2-3H3. The van der Waals surface area contributed by atoms with E-state index in [1.807, 2.05) is 0 Å². The van der Waals surface area contributed by atoms with Gasteiger partial charge in [-0.15, -0.1) is 6.42 Å². The molecular formula is C10H17NO2. The van der Waals surface area contributed by atoms with E-state index in [-0.39, 0.29) is 0 Å². The Hall–Kier alpha value is -0.560. The molecule has 13 heavy (non-hydrogen) atoms. The summed E-state index contributed by atoms with van der Waals surface area (Å²) < 4.78 is 5.59. The quantitative estimate of drug-likeness (QED) is 0.404. The van der Waals surface area contributed by atoms with Crippen molar-refractivity contribution in [1.82, 2.24) is 5.48 Å². The van der Waals surface area contributed by atoms with Crippen molar-refractivity contribution in [2.45, 2.75) is 44.9 Å². The SMILES string of the molecule is C#CCONC1CC(C)OC(C)C1. The van der Waals surface area contributed by atoms with Crippen LogP contribution in [0.15, 0.2) is 0 Å². The molecule has 1 heterocycles. The fraction of sp³-hybridized carbons (Fsp3) is 0.800. The van der Waals surface area contributed by atoms with Crippen molar-refractivity contribution in [3.8, 4) is 12.3 Å². The molecule has 74 valence electrons. The van der Waals surface area contributed by atoms with Gasteiger partial charge >= 0.3 is 0 Å². The third kappa shape index (κ3) is 3.77. The second kappa shape index (κ2) is 5.23. The van der Waals surface area contributed by atoms with E-state index in [1.54, 1.807) is 0 Å². The minimum absolute atomic E-state index is 0.302. The number of terminal acetylenes is 1. The zero-order valence-electron chi connectivity index (χ0n) is 8.25. The average molecular weight is 183 g/mol. The molecule has 0 aromatic rings. The van der Waals surface area contributed by atoms with Crippen molar-refractivity contribution in [1.29, 1.82) is 0 Å². The molecule has 2 atom stereocenters. The summed E-state index contributed by atoms with van der Waals surface area (Å²) >= 11 is 0. The predicted octanol–water partition coefficient (Wildman–Crippen LogP) is 1.10. The predicted molar refractivity (Wildman–Crippen MR) is 51.0 cm³/mol. The van der Waals surface area contributed by atoms with Gasteiger partial charge in [-0.1, -0.05) is 5.92 Å². The molecule has 1 aliphatic heterocycles. The molecule has 3 nitrogen and oxygen atoms in total. The lowest BCUT2D eigenvalue weighted by Crippen LogP contribution is -2.41. The molecule has 1 aliphatic rings. The lowest BCUT2D eigenvalue weighted by molar-refractivity contribution is -0.0742. The van der Waals surface area contributed by atoms with E-state index < -0.39 is 0 Å². The molecule has 3 heteroatoms. The van der Waals surface area contributed by atoms with Crippen molar-refractivity contribution in [3.05, 3.63) is 0 Å². The van der Waals surface area contributed by atoms with Crippen LogP contribution in [0.2, 0.25) is 0 Å². The maximum Gasteiger partial charge on any atom is 0.128 e. The first-order chi connectivity index (χ1) is 6.22. The van der Waals surface area contributed by atoms with E-state index in [1.165, 1.54) is 0 Å². The zero-order chi connectivity index (χ0) is 9.68. The highest BCUT2D eigenvalue weighted by molar-refractivity contribution is 4.83. The molecule has 1 saturated heterocycles. The van der Waals surface area contributed by atoms with E-state index in [9.17, 15) is 0 Å². The Morgan fingerprint density at radius 2 is 2.08 bits per heavy atom. The lowest BCUT2D eigenvalue weighted by atomic mass is 10.0. The van der Waals surface area contributed by atoms with Gasteiger partial charge in [-0.3, -0.25) is 4.84 Å². The zero-order valence-corrected chi connectivity index (χ0v) is 8.25. The number of hydroxylamine groups is 1. The van der Waals surface area contributed by atoms with E-state index in [4.69, 9.17) is 16.0 Å². The highest BCUT2D eigenvalue weighted by Gasteiger charge is 2.24. The average Bonchev–Trinajstić information content (AvgIpc) is 2.03. The van der Waals surface area contributed by atoms with Crippen LogP contribution in [-0.2, 0) is 9.57 Å². The highest BCUT2D eigenvalue weighted by Crippen LogP contribution is 2.18. The van der Waals surface area contributed by atoms with Crippen LogP contribution in [0.3, 0.4) is 0 Å². The topological polar surface area (TPSA) is 30.5 Å². The first-order valence-corrected chi connectivity index (χ1v) is 4.68. The molecule has 0 saturated carbocycles. The Bertz CT molecular complexity index is 178. The van der Waals surface area contributed by atoms with Crippen molar-refractivity contribution < 1.29 is 9.57 Å². The van der Waals surface area contributed by atoms with Crippen molar-refractivity contribution in [3.63, 3.8) is 0 Å². The number of hydrogen-bond donors (Lipinski definition) is 1. The number of ether oxygens (including phenoxy) is 1. The number of hydrogen-bond acceptors (Lipinski definition) is 3. The Kier molecular flexibility index (Phi) is 4.23. The van der Waals surface area contributed by atoms with Gasteiger partial charge < -0.3 is 4.74 Å². The van der Waals surface area contributed by atoms with E-state index in [2.05, 4.69) is 25.2 Å². The summed E-state index contributed by atoms with van der Waals surface area (Å²) in [5.41, 5.74) is 2.96. The highest BCUT2D eigenvalue weighted by atomic mass is 16.6. The van der Waals surface area contributed by atoms with E-state index in [0.29, 0.717) is 24.9 Å². The first kappa shape index (κ1) is 10.5. The van der Waals surface area contributed by atoms with Gasteiger partial charge in [-0.05, 0) is 26.7 Å². The molecule has 2 unspecified atom stereocenters. The minimum Gasteiger partial charge on any atom is -0.375 e. The summed E-state index contributed by atoms with van der Waals surface area (Å²) in [7, 11) is 0. The lowest BCUT2D eigenvalue weighted by Gasteiger charge is -2.31. The fourth-order valence-corrected chi connectivity index (χ4v) is 1.70. The van der Waals surface area contributed by atoms with Crippen LogP contribution in [0.25, 0.3) is 0 Å². The van der Waals surface area contributed by atoms with Gasteiger partial charge in [0.05, 0.1) is 12.2 Å². The van der Waals surface area contributed by atoms with Crippen molar-refractivity contribution in [2.75, 3.05) is 6.61 Å². The Morgan fingerprint density at radius 1 is 1.46 bits per heavy atom. The van der Waals surface area contributed by atoms with Crippen molar-refractivity contribution >= 4 is 0 Å². The largest absolute Gasteiger partial charge is 0.375 e. The molecule has 0 bridgehead atoms. The third-order valence-corrected chi connectivity index (χ3v) is 2.10. The van der Waals surface area contributed by atoms with Gasteiger partial charge in [0.2, 0.25) is 0 Å². The van der Waals surface area contributed by atoms with Gasteiger partial charge in [0.15, 0.2) is 0 Å². The van der Waals surface area contributed by atoms with Crippen LogP contribution in [-0.4, -0.2) is 24.9 Å². The Labute approximate surface area is 79.7 Å². The Morgan fingerprint density at radius 3 is 2.62 bits per heavy atom. The maximum absolute atomic E-state index is 5.59. The minimum atomic E-state index is 0.302. The molecule has 1 rings (SSSR count). The molecule has 0 aliphatic carbocycles. The maximum atomic E-state index is 5.59. The summed E-state index contributed by atoms with van der Waals surface area (Å²) in [6, 6.07) is 0.368. The van der Waals surface area contributed by atoms with Gasteiger partial charge in [0.1, 0.15) is 6.61 Å². The summed E-state index contributed by atoms with van der Waals surface area (Å²) in [5.74, 6) is 2.41. The van der Waals surface area contributed by atoms with Crippen LogP contribution < -0.4 is 5.48 Å². The molecule has 0 aromatic heterocycles. The third-order valence-electron chi connectivity index (χ3n) is 2.10. The summed E-state index contributed by atoms with van der Waals surface area (Å²) in [6.07, 6.45) is 7.62. The summed E-state index contributed by atoms with van der Waals surface area (Å²) in [4.78, 5) is 5.08. The monoisotopic (exact) mass is 183 g/mol. The molecule has 0 amide bonds.